The fourth-order valence-corrected chi connectivity index (χ4v) is 8.02. The van der Waals surface area contributed by atoms with Gasteiger partial charge >= 0.3 is 0 Å². The number of aromatic nitrogens is 7. The smallest absolute Gasteiger partial charge is 0.166 e. The van der Waals surface area contributed by atoms with Crippen LogP contribution in [0, 0.1) is 11.3 Å². The molecule has 0 radical (unpaired) electrons. The summed E-state index contributed by atoms with van der Waals surface area (Å²) < 4.78 is 2.19. The van der Waals surface area contributed by atoms with Crippen LogP contribution in [0.3, 0.4) is 0 Å². The third-order valence-electron chi connectivity index (χ3n) is 9.75. The molecule has 10 aromatic rings. The Bertz CT molecular complexity index is 3070. The van der Waals surface area contributed by atoms with E-state index in [1.807, 2.05) is 134 Å². The number of hydrogen-bond acceptors (Lipinski definition) is 9. The topological polar surface area (TPSA) is 114 Å². The Morgan fingerprint density at radius 1 is 0.386 bits per heavy atom. The number of benzene rings is 6. The fourth-order valence-electron chi connectivity index (χ4n) is 6.94. The van der Waals surface area contributed by atoms with E-state index in [0.29, 0.717) is 46.1 Å². The molecule has 4 aromatic heterocycles. The molecular weight excluding hydrogens is 721 g/mol. The van der Waals surface area contributed by atoms with E-state index in [1.54, 1.807) is 17.4 Å². The average molecular weight is 749 g/mol. The molecule has 0 saturated carbocycles. The minimum atomic E-state index is 0.449. The lowest BCUT2D eigenvalue weighted by atomic mass is 10.00. The molecule has 0 bridgehead atoms. The number of pyridine rings is 1. The third kappa shape index (κ3) is 6.46. The normalized spacial score (nSPS) is 11.1. The van der Waals surface area contributed by atoms with Gasteiger partial charge in [0.25, 0.3) is 0 Å². The molecule has 8 nitrogen and oxygen atoms in total. The van der Waals surface area contributed by atoms with Gasteiger partial charge in [-0.15, -0.1) is 11.3 Å². The summed E-state index contributed by atoms with van der Waals surface area (Å²) in [7, 11) is 0. The zero-order valence-corrected chi connectivity index (χ0v) is 31.0. The van der Waals surface area contributed by atoms with Crippen LogP contribution in [0.2, 0.25) is 0 Å². The van der Waals surface area contributed by atoms with Crippen LogP contribution in [-0.2, 0) is 0 Å². The molecule has 0 aliphatic heterocycles. The largest absolute Gasteiger partial charge is 0.262 e. The van der Waals surface area contributed by atoms with Crippen LogP contribution in [0.1, 0.15) is 5.56 Å². The molecule has 0 fully saturated rings. The first-order valence-electron chi connectivity index (χ1n) is 18.3. The van der Waals surface area contributed by atoms with E-state index in [-0.39, 0.29) is 0 Å². The number of nitrogens with zero attached hydrogens (tertiary/aromatic N) is 8. The molecule has 6 aromatic carbocycles. The van der Waals surface area contributed by atoms with Gasteiger partial charge in [0.2, 0.25) is 0 Å². The van der Waals surface area contributed by atoms with Crippen LogP contribution >= 0.6 is 11.3 Å². The molecule has 57 heavy (non-hydrogen) atoms. The maximum absolute atomic E-state index is 9.85. The minimum Gasteiger partial charge on any atom is -0.262 e. The maximum Gasteiger partial charge on any atom is 0.166 e. The molecule has 0 N–H and O–H groups in total. The molecule has 9 heteroatoms. The van der Waals surface area contributed by atoms with E-state index in [1.165, 1.54) is 0 Å². The van der Waals surface area contributed by atoms with Gasteiger partial charge in [0.1, 0.15) is 0 Å². The Morgan fingerprint density at radius 3 is 1.40 bits per heavy atom. The summed E-state index contributed by atoms with van der Waals surface area (Å²) in [5.41, 5.74) is 7.64. The number of rotatable bonds is 7. The van der Waals surface area contributed by atoms with Crippen LogP contribution < -0.4 is 0 Å². The van der Waals surface area contributed by atoms with Crippen LogP contribution in [-0.4, -0.2) is 34.9 Å². The average Bonchev–Trinajstić information content (AvgIpc) is 3.68. The highest BCUT2D eigenvalue weighted by Gasteiger charge is 2.19. The van der Waals surface area contributed by atoms with Crippen molar-refractivity contribution in [1.29, 1.82) is 5.26 Å². The lowest BCUT2D eigenvalue weighted by molar-refractivity contribution is 1.07. The first-order valence-corrected chi connectivity index (χ1v) is 19.1. The molecule has 0 atom stereocenters. The van der Waals surface area contributed by atoms with Gasteiger partial charge in [-0.2, -0.15) is 5.26 Å². The molecule has 266 valence electrons. The van der Waals surface area contributed by atoms with E-state index in [2.05, 4.69) is 41.4 Å². The van der Waals surface area contributed by atoms with Crippen molar-refractivity contribution in [3.63, 3.8) is 0 Å². The predicted molar refractivity (Wildman–Crippen MR) is 227 cm³/mol. The van der Waals surface area contributed by atoms with Crippen molar-refractivity contribution in [1.82, 2.24) is 34.9 Å². The summed E-state index contributed by atoms with van der Waals surface area (Å²) >= 11 is 1.70. The number of nitriles is 1. The van der Waals surface area contributed by atoms with E-state index >= 15 is 0 Å². The molecule has 0 unspecified atom stereocenters. The van der Waals surface area contributed by atoms with Crippen molar-refractivity contribution < 1.29 is 0 Å². The Labute approximate surface area is 331 Å². The van der Waals surface area contributed by atoms with Gasteiger partial charge in [0.15, 0.2) is 34.9 Å². The second-order valence-electron chi connectivity index (χ2n) is 13.3. The molecular formula is C48H28N8S. The lowest BCUT2D eigenvalue weighted by Gasteiger charge is -2.10. The van der Waals surface area contributed by atoms with Crippen LogP contribution in [0.15, 0.2) is 170 Å². The number of thiophene rings is 1. The zero-order chi connectivity index (χ0) is 38.1. The second kappa shape index (κ2) is 14.5. The molecule has 0 aliphatic carbocycles. The summed E-state index contributed by atoms with van der Waals surface area (Å²) in [6.07, 6.45) is 3.77. The molecule has 0 saturated heterocycles. The number of fused-ring (bicyclic) bond motifs is 3. The van der Waals surface area contributed by atoms with Gasteiger partial charge in [-0.3, -0.25) is 4.98 Å². The molecule has 10 rings (SSSR count). The van der Waals surface area contributed by atoms with Crippen LogP contribution in [0.25, 0.3) is 99.6 Å². The van der Waals surface area contributed by atoms with Crippen LogP contribution in [0.5, 0.6) is 0 Å². The van der Waals surface area contributed by atoms with Gasteiger partial charge in [-0.1, -0.05) is 133 Å². The Morgan fingerprint density at radius 2 is 0.842 bits per heavy atom. The third-order valence-corrected chi connectivity index (χ3v) is 10.9. The fraction of sp³-hybridized carbons (Fsp3) is 0. The van der Waals surface area contributed by atoms with E-state index in [9.17, 15) is 5.26 Å². The summed E-state index contributed by atoms with van der Waals surface area (Å²) in [5.74, 6) is 3.29. The van der Waals surface area contributed by atoms with E-state index < -0.39 is 0 Å². The van der Waals surface area contributed by atoms with Crippen molar-refractivity contribution in [2.24, 2.45) is 0 Å². The summed E-state index contributed by atoms with van der Waals surface area (Å²) in [6.45, 7) is 0. The minimum absolute atomic E-state index is 0.449. The summed E-state index contributed by atoms with van der Waals surface area (Å²) in [6, 6.07) is 54.2. The molecule has 4 heterocycles. The van der Waals surface area contributed by atoms with Gasteiger partial charge in [0, 0.05) is 61.2 Å². The summed E-state index contributed by atoms with van der Waals surface area (Å²) in [5, 5.41) is 12.0. The SMILES string of the molecule is N#Cc1ccccc1-c1nc(-c2ccccc2)nc(-c2ccc(-c3ccc4sc5cncc(-c6nc(-c7ccccc7)nc(-c7ccccc7)n6)c5c4c3)cc2)n1. The van der Waals surface area contributed by atoms with Gasteiger partial charge in [-0.05, 0) is 35.4 Å². The van der Waals surface area contributed by atoms with Crippen molar-refractivity contribution in [2.75, 3.05) is 0 Å². The quantitative estimate of drug-likeness (QED) is 0.158. The maximum atomic E-state index is 9.85. The lowest BCUT2D eigenvalue weighted by Crippen LogP contribution is -2.01. The Balaban J connectivity index is 1.07. The molecule has 0 aliphatic rings. The zero-order valence-electron chi connectivity index (χ0n) is 30.2. The van der Waals surface area contributed by atoms with Crippen molar-refractivity contribution in [2.45, 2.75) is 0 Å². The first kappa shape index (κ1) is 33.7. The van der Waals surface area contributed by atoms with Gasteiger partial charge in [-0.25, -0.2) is 29.9 Å². The Kier molecular flexibility index (Phi) is 8.56. The monoisotopic (exact) mass is 748 g/mol. The Hall–Kier alpha value is -7.80. The van der Waals surface area contributed by atoms with Gasteiger partial charge < -0.3 is 0 Å². The summed E-state index contributed by atoms with van der Waals surface area (Å²) in [4.78, 5) is 34.2. The second-order valence-corrected chi connectivity index (χ2v) is 14.4. The molecule has 0 amide bonds. The standard InChI is InChI=1S/C48H28N8S/c49-27-36-18-10-11-19-37(36)47-53-43(31-12-4-1-5-13-31)52-46(54-47)34-22-20-30(21-23-34)35-24-25-40-38(26-35)42-39(28-50-29-41(42)57-40)48-55-44(32-14-6-2-7-15-32)51-45(56-48)33-16-8-3-9-17-33/h1-26,28-29H. The van der Waals surface area contributed by atoms with Crippen molar-refractivity contribution in [3.8, 4) is 85.5 Å². The predicted octanol–water partition coefficient (Wildman–Crippen LogP) is 11.4. The highest BCUT2D eigenvalue weighted by molar-refractivity contribution is 7.25. The highest BCUT2D eigenvalue weighted by atomic mass is 32.1. The number of hydrogen-bond donors (Lipinski definition) is 0. The van der Waals surface area contributed by atoms with Crippen LogP contribution in [0.4, 0.5) is 0 Å². The van der Waals surface area contributed by atoms with E-state index in [0.717, 1.165) is 59.1 Å². The molecule has 0 spiro atoms. The van der Waals surface area contributed by atoms with Crippen molar-refractivity contribution >= 4 is 31.5 Å². The first-order chi connectivity index (χ1) is 28.2. The van der Waals surface area contributed by atoms with Gasteiger partial charge in [0.05, 0.1) is 16.3 Å². The van der Waals surface area contributed by atoms with Crippen molar-refractivity contribution in [3.05, 3.63) is 176 Å². The van der Waals surface area contributed by atoms with E-state index in [4.69, 9.17) is 29.9 Å². The highest BCUT2D eigenvalue weighted by Crippen LogP contribution is 2.41.